The summed E-state index contributed by atoms with van der Waals surface area (Å²) in [5.41, 5.74) is 2.59. The number of nitrogens with zero attached hydrogens (tertiary/aromatic N) is 3. The Morgan fingerprint density at radius 2 is 1.76 bits per heavy atom. The Morgan fingerprint density at radius 3 is 2.48 bits per heavy atom. The SMILES string of the molecule is Cc1cc(-c2noc(-c3cc(F)ccc3O)n2)cc(C)n1. The minimum atomic E-state index is -0.488. The van der Waals surface area contributed by atoms with E-state index in [-0.39, 0.29) is 17.2 Å². The number of phenolic OH excluding ortho intramolecular Hbond substituents is 1. The van der Waals surface area contributed by atoms with E-state index in [0.717, 1.165) is 29.1 Å². The first kappa shape index (κ1) is 13.2. The quantitative estimate of drug-likeness (QED) is 0.782. The molecule has 3 rings (SSSR count). The zero-order chi connectivity index (χ0) is 15.0. The van der Waals surface area contributed by atoms with Crippen LogP contribution >= 0.6 is 0 Å². The van der Waals surface area contributed by atoms with Gasteiger partial charge >= 0.3 is 0 Å². The number of pyridine rings is 1. The molecule has 0 saturated carbocycles. The molecule has 0 fully saturated rings. The Bertz CT molecular complexity index is 794. The van der Waals surface area contributed by atoms with Gasteiger partial charge in [0.1, 0.15) is 11.6 Å². The molecule has 0 atom stereocenters. The highest BCUT2D eigenvalue weighted by Crippen LogP contribution is 2.30. The van der Waals surface area contributed by atoms with Crippen LogP contribution in [0, 0.1) is 19.7 Å². The first-order valence-electron chi connectivity index (χ1n) is 6.31. The minimum Gasteiger partial charge on any atom is -0.507 e. The number of hydrogen-bond acceptors (Lipinski definition) is 5. The molecule has 0 aliphatic rings. The first-order valence-corrected chi connectivity index (χ1v) is 6.31. The molecule has 106 valence electrons. The van der Waals surface area contributed by atoms with Crippen molar-refractivity contribution in [1.29, 1.82) is 0 Å². The summed E-state index contributed by atoms with van der Waals surface area (Å²) in [4.78, 5) is 8.48. The third-order valence-corrected chi connectivity index (χ3v) is 2.95. The van der Waals surface area contributed by atoms with Crippen molar-refractivity contribution >= 4 is 0 Å². The van der Waals surface area contributed by atoms with Gasteiger partial charge < -0.3 is 9.63 Å². The van der Waals surface area contributed by atoms with Crippen LogP contribution in [0.1, 0.15) is 11.4 Å². The lowest BCUT2D eigenvalue weighted by Gasteiger charge is -1.99. The summed E-state index contributed by atoms with van der Waals surface area (Å²) in [6, 6.07) is 7.21. The van der Waals surface area contributed by atoms with E-state index >= 15 is 0 Å². The number of benzene rings is 1. The molecule has 0 bridgehead atoms. The van der Waals surface area contributed by atoms with Gasteiger partial charge in [0.25, 0.3) is 5.89 Å². The Labute approximate surface area is 120 Å². The molecule has 1 N–H and O–H groups in total. The second kappa shape index (κ2) is 4.97. The number of rotatable bonds is 2. The van der Waals surface area contributed by atoms with Gasteiger partial charge in [-0.05, 0) is 44.2 Å². The van der Waals surface area contributed by atoms with Crippen molar-refractivity contribution in [2.45, 2.75) is 13.8 Å². The molecule has 0 saturated heterocycles. The fourth-order valence-corrected chi connectivity index (χ4v) is 2.09. The smallest absolute Gasteiger partial charge is 0.262 e. The summed E-state index contributed by atoms with van der Waals surface area (Å²) < 4.78 is 18.4. The Kier molecular flexibility index (Phi) is 3.13. The van der Waals surface area contributed by atoms with Crippen LogP contribution in [0.3, 0.4) is 0 Å². The topological polar surface area (TPSA) is 72.0 Å². The first-order chi connectivity index (χ1) is 10.0. The van der Waals surface area contributed by atoms with Crippen LogP contribution in [0.2, 0.25) is 0 Å². The average molecular weight is 285 g/mol. The van der Waals surface area contributed by atoms with E-state index in [1.807, 2.05) is 26.0 Å². The lowest BCUT2D eigenvalue weighted by Crippen LogP contribution is -1.89. The standard InChI is InChI=1S/C15H12FN3O2/c1-8-5-10(6-9(2)17-8)14-18-15(21-19-14)12-7-11(16)3-4-13(12)20/h3-7,20H,1-2H3. The molecule has 0 spiro atoms. The van der Waals surface area contributed by atoms with Crippen molar-refractivity contribution in [3.05, 3.63) is 47.5 Å². The van der Waals surface area contributed by atoms with E-state index in [9.17, 15) is 9.50 Å². The van der Waals surface area contributed by atoms with E-state index in [4.69, 9.17) is 4.52 Å². The van der Waals surface area contributed by atoms with E-state index in [1.54, 1.807) is 0 Å². The largest absolute Gasteiger partial charge is 0.507 e. The van der Waals surface area contributed by atoms with E-state index in [2.05, 4.69) is 15.1 Å². The molecule has 3 aromatic rings. The number of aryl methyl sites for hydroxylation is 2. The summed E-state index contributed by atoms with van der Waals surface area (Å²) in [5.74, 6) is -0.178. The van der Waals surface area contributed by atoms with Gasteiger partial charge in [-0.15, -0.1) is 0 Å². The van der Waals surface area contributed by atoms with Gasteiger partial charge in [-0.1, -0.05) is 5.16 Å². The van der Waals surface area contributed by atoms with Crippen LogP contribution in [0.15, 0.2) is 34.9 Å². The molecular formula is C15H12FN3O2. The molecular weight excluding hydrogens is 273 g/mol. The van der Waals surface area contributed by atoms with E-state index < -0.39 is 5.82 Å². The predicted molar refractivity (Wildman–Crippen MR) is 74.1 cm³/mol. The maximum Gasteiger partial charge on any atom is 0.262 e. The van der Waals surface area contributed by atoms with Gasteiger partial charge in [0.05, 0.1) is 5.56 Å². The number of halogens is 1. The minimum absolute atomic E-state index is 0.0640. The van der Waals surface area contributed by atoms with Crippen molar-refractivity contribution < 1.29 is 14.0 Å². The van der Waals surface area contributed by atoms with Gasteiger partial charge in [0.15, 0.2) is 0 Å². The van der Waals surface area contributed by atoms with Crippen LogP contribution in [0.4, 0.5) is 4.39 Å². The molecule has 1 aromatic carbocycles. The van der Waals surface area contributed by atoms with Gasteiger partial charge in [0, 0.05) is 17.0 Å². The van der Waals surface area contributed by atoms with Gasteiger partial charge in [-0.2, -0.15) is 4.98 Å². The van der Waals surface area contributed by atoms with Crippen molar-refractivity contribution in [2.24, 2.45) is 0 Å². The van der Waals surface area contributed by atoms with Crippen LogP contribution < -0.4 is 0 Å². The normalized spacial score (nSPS) is 10.8. The Balaban J connectivity index is 2.05. The second-order valence-electron chi connectivity index (χ2n) is 4.72. The van der Waals surface area contributed by atoms with Crippen molar-refractivity contribution in [2.75, 3.05) is 0 Å². The number of aromatic hydroxyl groups is 1. The van der Waals surface area contributed by atoms with Crippen molar-refractivity contribution in [3.8, 4) is 28.6 Å². The number of hydrogen-bond donors (Lipinski definition) is 1. The van der Waals surface area contributed by atoms with E-state index in [1.165, 1.54) is 6.07 Å². The molecule has 0 aliphatic heterocycles. The lowest BCUT2D eigenvalue weighted by atomic mass is 10.2. The summed E-state index contributed by atoms with van der Waals surface area (Å²) >= 11 is 0. The maximum atomic E-state index is 13.3. The lowest BCUT2D eigenvalue weighted by molar-refractivity contribution is 0.425. The van der Waals surface area contributed by atoms with Crippen LogP contribution in [0.5, 0.6) is 5.75 Å². The fraction of sp³-hybridized carbons (Fsp3) is 0.133. The molecule has 0 amide bonds. The number of phenols is 1. The molecule has 21 heavy (non-hydrogen) atoms. The van der Waals surface area contributed by atoms with E-state index in [0.29, 0.717) is 5.82 Å². The molecule has 0 unspecified atom stereocenters. The molecule has 5 nitrogen and oxygen atoms in total. The molecule has 6 heteroatoms. The number of aromatic nitrogens is 3. The molecule has 0 radical (unpaired) electrons. The third-order valence-electron chi connectivity index (χ3n) is 2.95. The van der Waals surface area contributed by atoms with Gasteiger partial charge in [0.2, 0.25) is 5.82 Å². The Morgan fingerprint density at radius 1 is 1.05 bits per heavy atom. The van der Waals surface area contributed by atoms with Crippen LogP contribution in [-0.2, 0) is 0 Å². The molecule has 0 aliphatic carbocycles. The van der Waals surface area contributed by atoms with Gasteiger partial charge in [-0.25, -0.2) is 4.39 Å². The summed E-state index contributed by atoms with van der Waals surface area (Å²) in [6.07, 6.45) is 0. The highest BCUT2D eigenvalue weighted by Gasteiger charge is 2.15. The third kappa shape index (κ3) is 2.60. The fourth-order valence-electron chi connectivity index (χ4n) is 2.09. The highest BCUT2D eigenvalue weighted by atomic mass is 19.1. The maximum absolute atomic E-state index is 13.3. The average Bonchev–Trinajstić information content (AvgIpc) is 2.90. The van der Waals surface area contributed by atoms with Crippen LogP contribution in [0.25, 0.3) is 22.8 Å². The summed E-state index contributed by atoms with van der Waals surface area (Å²) in [5, 5.41) is 13.6. The zero-order valence-corrected chi connectivity index (χ0v) is 11.5. The van der Waals surface area contributed by atoms with Gasteiger partial charge in [-0.3, -0.25) is 4.98 Å². The zero-order valence-electron chi connectivity index (χ0n) is 11.5. The molecule has 2 aromatic heterocycles. The highest BCUT2D eigenvalue weighted by molar-refractivity contribution is 5.65. The predicted octanol–water partition coefficient (Wildman–Crippen LogP) is 3.26. The second-order valence-corrected chi connectivity index (χ2v) is 4.72. The monoisotopic (exact) mass is 285 g/mol. The molecule has 2 heterocycles. The summed E-state index contributed by atoms with van der Waals surface area (Å²) in [6.45, 7) is 3.74. The summed E-state index contributed by atoms with van der Waals surface area (Å²) in [7, 11) is 0. The Hall–Kier alpha value is -2.76. The van der Waals surface area contributed by atoms with Crippen molar-refractivity contribution in [1.82, 2.24) is 15.1 Å². The van der Waals surface area contributed by atoms with Crippen molar-refractivity contribution in [3.63, 3.8) is 0 Å². The van der Waals surface area contributed by atoms with Crippen LogP contribution in [-0.4, -0.2) is 20.2 Å².